The molecule has 30 heavy (non-hydrogen) atoms. The fraction of sp³-hybridized carbons (Fsp3) is 0.478. The molecule has 1 aromatic heterocycles. The molecule has 1 fully saturated rings. The zero-order chi connectivity index (χ0) is 21.1. The third-order valence-corrected chi connectivity index (χ3v) is 6.32. The summed E-state index contributed by atoms with van der Waals surface area (Å²) in [6, 6.07) is 10.6. The summed E-state index contributed by atoms with van der Waals surface area (Å²) in [6.07, 6.45) is 0.775. The van der Waals surface area contributed by atoms with Crippen LogP contribution < -0.4 is 4.74 Å². The molecule has 2 heterocycles. The highest BCUT2D eigenvalue weighted by Crippen LogP contribution is 2.26. The van der Waals surface area contributed by atoms with Gasteiger partial charge in [-0.05, 0) is 71.0 Å². The number of hydrogen-bond donors (Lipinski definition) is 1. The van der Waals surface area contributed by atoms with Crippen molar-refractivity contribution in [1.29, 1.82) is 0 Å². The lowest BCUT2D eigenvalue weighted by Gasteiger charge is -2.41. The van der Waals surface area contributed by atoms with Gasteiger partial charge < -0.3 is 9.84 Å². The summed E-state index contributed by atoms with van der Waals surface area (Å²) < 4.78 is 10.3. The highest BCUT2D eigenvalue weighted by Gasteiger charge is 2.27. The molecule has 4 rings (SSSR count). The lowest BCUT2D eigenvalue weighted by Crippen LogP contribution is -2.52. The number of rotatable bonds is 7. The van der Waals surface area contributed by atoms with Crippen molar-refractivity contribution in [2.75, 3.05) is 33.4 Å². The van der Waals surface area contributed by atoms with E-state index in [2.05, 4.69) is 52.2 Å². The molecule has 0 unspecified atom stereocenters. The molecule has 1 aliphatic rings. The number of methoxy groups -OCH3 is 1. The maximum absolute atomic E-state index is 9.65. The van der Waals surface area contributed by atoms with Crippen LogP contribution >= 0.6 is 0 Å². The van der Waals surface area contributed by atoms with E-state index in [-0.39, 0.29) is 6.61 Å². The SMILES string of the molecule is COc1ccc(CN2CCN(Cc3ccc4nonc4c3)C[C@H]2CCO)c(C)c1C. The van der Waals surface area contributed by atoms with Crippen LogP contribution in [0.4, 0.5) is 0 Å². The first-order valence-corrected chi connectivity index (χ1v) is 10.5. The molecule has 1 saturated heterocycles. The van der Waals surface area contributed by atoms with Crippen LogP contribution in [0.1, 0.15) is 28.7 Å². The lowest BCUT2D eigenvalue weighted by atomic mass is 10.00. The van der Waals surface area contributed by atoms with Gasteiger partial charge in [-0.1, -0.05) is 12.1 Å². The Bertz CT molecular complexity index is 1000. The molecule has 2 aromatic carbocycles. The maximum Gasteiger partial charge on any atom is 0.135 e. The number of aliphatic hydroxyl groups is 1. The summed E-state index contributed by atoms with van der Waals surface area (Å²) in [7, 11) is 1.72. The van der Waals surface area contributed by atoms with Crippen LogP contribution in [0.2, 0.25) is 0 Å². The van der Waals surface area contributed by atoms with Crippen LogP contribution in [0.3, 0.4) is 0 Å². The largest absolute Gasteiger partial charge is 0.496 e. The van der Waals surface area contributed by atoms with Gasteiger partial charge in [0.25, 0.3) is 0 Å². The smallest absolute Gasteiger partial charge is 0.135 e. The average Bonchev–Trinajstić information content (AvgIpc) is 3.21. The van der Waals surface area contributed by atoms with Gasteiger partial charge in [-0.2, -0.15) is 0 Å². The van der Waals surface area contributed by atoms with Gasteiger partial charge in [0, 0.05) is 45.4 Å². The third kappa shape index (κ3) is 4.33. The van der Waals surface area contributed by atoms with E-state index in [0.717, 1.165) is 55.9 Å². The van der Waals surface area contributed by atoms with Crippen LogP contribution in [0, 0.1) is 13.8 Å². The number of benzene rings is 2. The minimum absolute atomic E-state index is 0.201. The summed E-state index contributed by atoms with van der Waals surface area (Å²) in [5.74, 6) is 0.937. The minimum atomic E-state index is 0.201. The fourth-order valence-electron chi connectivity index (χ4n) is 4.38. The molecule has 1 aliphatic heterocycles. The van der Waals surface area contributed by atoms with Crippen molar-refractivity contribution in [2.24, 2.45) is 0 Å². The van der Waals surface area contributed by atoms with E-state index in [1.807, 2.05) is 12.1 Å². The molecule has 0 saturated carbocycles. The highest BCUT2D eigenvalue weighted by atomic mass is 16.6. The molecule has 1 atom stereocenters. The first kappa shape index (κ1) is 20.8. The number of fused-ring (bicyclic) bond motifs is 1. The molecule has 160 valence electrons. The second kappa shape index (κ2) is 9.12. The summed E-state index contributed by atoms with van der Waals surface area (Å²) in [4.78, 5) is 4.96. The monoisotopic (exact) mass is 410 g/mol. The second-order valence-electron chi connectivity index (χ2n) is 8.14. The van der Waals surface area contributed by atoms with E-state index in [9.17, 15) is 5.11 Å². The van der Waals surface area contributed by atoms with Gasteiger partial charge in [-0.25, -0.2) is 4.63 Å². The predicted molar refractivity (Wildman–Crippen MR) is 115 cm³/mol. The number of ether oxygens (including phenoxy) is 1. The van der Waals surface area contributed by atoms with E-state index in [1.165, 1.54) is 22.3 Å². The molecule has 0 amide bonds. The number of aliphatic hydroxyl groups excluding tert-OH is 1. The van der Waals surface area contributed by atoms with Gasteiger partial charge in [0.2, 0.25) is 0 Å². The number of piperazine rings is 1. The summed E-state index contributed by atoms with van der Waals surface area (Å²) in [6.45, 7) is 9.14. The molecule has 3 aromatic rings. The number of hydrogen-bond acceptors (Lipinski definition) is 7. The van der Waals surface area contributed by atoms with E-state index >= 15 is 0 Å². The Balaban J connectivity index is 1.44. The van der Waals surface area contributed by atoms with Gasteiger partial charge in [0.15, 0.2) is 0 Å². The van der Waals surface area contributed by atoms with Gasteiger partial charge in [-0.3, -0.25) is 9.80 Å². The van der Waals surface area contributed by atoms with Crippen LogP contribution in [0.5, 0.6) is 5.75 Å². The first-order chi connectivity index (χ1) is 14.6. The Morgan fingerprint density at radius 1 is 1.07 bits per heavy atom. The molecule has 7 nitrogen and oxygen atoms in total. The standard InChI is InChI=1S/C23H30N4O3/c1-16-17(2)23(29-3)7-5-19(16)14-27-10-9-26(15-20(27)8-11-28)13-18-4-6-21-22(12-18)25-30-24-21/h4-7,12,20,28H,8-11,13-15H2,1-3H3/t20-/m1/s1. The number of aromatic nitrogens is 2. The maximum atomic E-state index is 9.65. The first-order valence-electron chi connectivity index (χ1n) is 10.5. The molecule has 0 radical (unpaired) electrons. The molecule has 1 N–H and O–H groups in total. The molecular weight excluding hydrogens is 380 g/mol. The quantitative estimate of drug-likeness (QED) is 0.642. The molecule has 0 aliphatic carbocycles. The lowest BCUT2D eigenvalue weighted by molar-refractivity contribution is 0.0498. The van der Waals surface area contributed by atoms with E-state index < -0.39 is 0 Å². The minimum Gasteiger partial charge on any atom is -0.496 e. The summed E-state index contributed by atoms with van der Waals surface area (Å²) in [5, 5.41) is 17.5. The van der Waals surface area contributed by atoms with Crippen molar-refractivity contribution in [3.8, 4) is 5.75 Å². The summed E-state index contributed by atoms with van der Waals surface area (Å²) >= 11 is 0. The van der Waals surface area contributed by atoms with Crippen LogP contribution in [-0.4, -0.2) is 64.6 Å². The Morgan fingerprint density at radius 3 is 2.70 bits per heavy atom. The molecule has 7 heteroatoms. The Labute approximate surface area is 177 Å². The molecule has 0 bridgehead atoms. The second-order valence-corrected chi connectivity index (χ2v) is 8.14. The predicted octanol–water partition coefficient (Wildman–Crippen LogP) is 2.92. The van der Waals surface area contributed by atoms with Crippen molar-refractivity contribution < 1.29 is 14.5 Å². The highest BCUT2D eigenvalue weighted by molar-refractivity contribution is 5.73. The van der Waals surface area contributed by atoms with Gasteiger partial charge in [-0.15, -0.1) is 0 Å². The Kier molecular flexibility index (Phi) is 6.32. The van der Waals surface area contributed by atoms with E-state index in [4.69, 9.17) is 9.37 Å². The fourth-order valence-corrected chi connectivity index (χ4v) is 4.38. The van der Waals surface area contributed by atoms with Crippen molar-refractivity contribution in [2.45, 2.75) is 39.4 Å². The topological polar surface area (TPSA) is 74.9 Å². The van der Waals surface area contributed by atoms with Gasteiger partial charge in [0.1, 0.15) is 16.8 Å². The normalized spacial score (nSPS) is 18.2. The average molecular weight is 411 g/mol. The van der Waals surface area contributed by atoms with Crippen molar-refractivity contribution >= 4 is 11.0 Å². The van der Waals surface area contributed by atoms with Crippen molar-refractivity contribution in [1.82, 2.24) is 20.1 Å². The molecular formula is C23H30N4O3. The Morgan fingerprint density at radius 2 is 1.90 bits per heavy atom. The van der Waals surface area contributed by atoms with Crippen LogP contribution in [0.15, 0.2) is 35.0 Å². The zero-order valence-corrected chi connectivity index (χ0v) is 18.0. The number of nitrogens with zero attached hydrogens (tertiary/aromatic N) is 4. The van der Waals surface area contributed by atoms with Crippen molar-refractivity contribution in [3.05, 3.63) is 52.6 Å². The van der Waals surface area contributed by atoms with Gasteiger partial charge in [0.05, 0.1) is 7.11 Å². The third-order valence-electron chi connectivity index (χ3n) is 6.32. The van der Waals surface area contributed by atoms with E-state index in [1.54, 1.807) is 7.11 Å². The van der Waals surface area contributed by atoms with Gasteiger partial charge >= 0.3 is 0 Å². The van der Waals surface area contributed by atoms with Crippen molar-refractivity contribution in [3.63, 3.8) is 0 Å². The van der Waals surface area contributed by atoms with E-state index in [0.29, 0.717) is 6.04 Å². The molecule has 0 spiro atoms. The summed E-state index contributed by atoms with van der Waals surface area (Å²) in [5.41, 5.74) is 6.60. The van der Waals surface area contributed by atoms with Crippen LogP contribution in [0.25, 0.3) is 11.0 Å². The Hall–Kier alpha value is -2.48. The van der Waals surface area contributed by atoms with Crippen LogP contribution in [-0.2, 0) is 13.1 Å². The zero-order valence-electron chi connectivity index (χ0n) is 18.0.